The van der Waals surface area contributed by atoms with Crippen LogP contribution in [-0.4, -0.2) is 23.5 Å². The van der Waals surface area contributed by atoms with Gasteiger partial charge >= 0.3 is 0 Å². The number of hydrogen-bond acceptors (Lipinski definition) is 1. The highest BCUT2D eigenvalue weighted by Crippen LogP contribution is 2.38. The molecule has 0 aromatic carbocycles. The summed E-state index contributed by atoms with van der Waals surface area (Å²) in [4.78, 5) is 2.67. The highest BCUT2D eigenvalue weighted by atomic mass is 15.2. The van der Waals surface area contributed by atoms with Gasteiger partial charge in [-0.1, -0.05) is 34.1 Å². The summed E-state index contributed by atoms with van der Waals surface area (Å²) in [6.07, 6.45) is 1.34. The summed E-state index contributed by atoms with van der Waals surface area (Å²) in [7, 11) is 0. The van der Waals surface area contributed by atoms with Crippen LogP contribution in [0.25, 0.3) is 0 Å². The van der Waals surface area contributed by atoms with Crippen LogP contribution in [0.2, 0.25) is 0 Å². The van der Waals surface area contributed by atoms with E-state index >= 15 is 0 Å². The lowest BCUT2D eigenvalue weighted by Gasteiger charge is -2.50. The molecule has 1 heteroatoms. The maximum atomic E-state index is 2.67. The predicted octanol–water partition coefficient (Wildman–Crippen LogP) is 3.40. The quantitative estimate of drug-likeness (QED) is 0.656. The fourth-order valence-corrected chi connectivity index (χ4v) is 3.49. The zero-order valence-electron chi connectivity index (χ0n) is 10.7. The Morgan fingerprint density at radius 1 is 0.857 bits per heavy atom. The first-order chi connectivity index (χ1) is 6.54. The molecule has 14 heavy (non-hydrogen) atoms. The topological polar surface area (TPSA) is 3.24 Å². The fourth-order valence-electron chi connectivity index (χ4n) is 3.49. The van der Waals surface area contributed by atoms with Gasteiger partial charge in [-0.15, -0.1) is 0 Å². The average Bonchev–Trinajstić information content (AvgIpc) is 2.17. The third-order valence-corrected chi connectivity index (χ3v) is 4.76. The molecule has 1 fully saturated rings. The molecule has 1 heterocycles. The summed E-state index contributed by atoms with van der Waals surface area (Å²) in [6.45, 7) is 15.5. The van der Waals surface area contributed by atoms with E-state index in [4.69, 9.17) is 0 Å². The van der Waals surface area contributed by atoms with Gasteiger partial charge in [-0.3, -0.25) is 4.90 Å². The van der Waals surface area contributed by atoms with Crippen LogP contribution in [0.3, 0.4) is 0 Å². The second-order valence-corrected chi connectivity index (χ2v) is 5.10. The molecule has 1 saturated heterocycles. The molecular formula is C13H27N. The molecule has 0 amide bonds. The van der Waals surface area contributed by atoms with Crippen LogP contribution in [0, 0.1) is 17.8 Å². The second-order valence-electron chi connectivity index (χ2n) is 5.10. The van der Waals surface area contributed by atoms with Gasteiger partial charge in [0.2, 0.25) is 0 Å². The molecule has 0 bridgehead atoms. The third-order valence-electron chi connectivity index (χ3n) is 4.76. The largest absolute Gasteiger partial charge is 0.298 e. The van der Waals surface area contributed by atoms with Crippen molar-refractivity contribution in [2.75, 3.05) is 6.54 Å². The Labute approximate surface area is 89.9 Å². The van der Waals surface area contributed by atoms with Gasteiger partial charge in [-0.05, 0) is 38.1 Å². The van der Waals surface area contributed by atoms with Gasteiger partial charge < -0.3 is 0 Å². The van der Waals surface area contributed by atoms with Crippen LogP contribution in [0.5, 0.6) is 0 Å². The smallest absolute Gasteiger partial charge is 0.00981 e. The molecule has 84 valence electrons. The molecule has 4 unspecified atom stereocenters. The van der Waals surface area contributed by atoms with Gasteiger partial charge in [0, 0.05) is 12.1 Å². The van der Waals surface area contributed by atoms with Crippen LogP contribution >= 0.6 is 0 Å². The lowest BCUT2D eigenvalue weighted by atomic mass is 9.71. The normalized spacial score (nSPS) is 45.4. The minimum atomic E-state index is 0.760. The van der Waals surface area contributed by atoms with E-state index in [0.29, 0.717) is 0 Å². The van der Waals surface area contributed by atoms with Crippen molar-refractivity contribution in [3.05, 3.63) is 0 Å². The van der Waals surface area contributed by atoms with Crippen molar-refractivity contribution in [3.8, 4) is 0 Å². The van der Waals surface area contributed by atoms with E-state index in [1.54, 1.807) is 0 Å². The van der Waals surface area contributed by atoms with Crippen molar-refractivity contribution in [3.63, 3.8) is 0 Å². The summed E-state index contributed by atoms with van der Waals surface area (Å²) in [6, 6.07) is 1.52. The molecule has 0 aromatic rings. The van der Waals surface area contributed by atoms with Crippen molar-refractivity contribution in [1.29, 1.82) is 0 Å². The second kappa shape index (κ2) is 4.65. The summed E-state index contributed by atoms with van der Waals surface area (Å²) in [5.41, 5.74) is 0. The van der Waals surface area contributed by atoms with Gasteiger partial charge in [-0.25, -0.2) is 0 Å². The number of rotatable bonds is 2. The van der Waals surface area contributed by atoms with E-state index in [1.165, 1.54) is 13.0 Å². The standard InChI is InChI=1S/C13H27N/c1-7-13-9(3)11(5)14(8-2)12(6)10(13)4/h9-13H,7-8H2,1-6H3. The highest BCUT2D eigenvalue weighted by Gasteiger charge is 2.39. The van der Waals surface area contributed by atoms with Crippen LogP contribution in [0.15, 0.2) is 0 Å². The maximum absolute atomic E-state index is 2.67. The van der Waals surface area contributed by atoms with Crippen molar-refractivity contribution in [2.45, 2.75) is 60.0 Å². The Hall–Kier alpha value is -0.0400. The van der Waals surface area contributed by atoms with Crippen LogP contribution in [-0.2, 0) is 0 Å². The molecule has 1 aliphatic rings. The molecule has 0 N–H and O–H groups in total. The van der Waals surface area contributed by atoms with Gasteiger partial charge in [0.25, 0.3) is 0 Å². The minimum absolute atomic E-state index is 0.760. The first kappa shape index (κ1) is 12.0. The first-order valence-corrected chi connectivity index (χ1v) is 6.30. The molecule has 1 rings (SSSR count). The van der Waals surface area contributed by atoms with Crippen molar-refractivity contribution >= 4 is 0 Å². The number of piperidine rings is 1. The molecule has 0 aliphatic carbocycles. The van der Waals surface area contributed by atoms with E-state index in [9.17, 15) is 0 Å². The Bertz CT molecular complexity index is 142. The molecule has 0 saturated carbocycles. The number of nitrogens with zero attached hydrogens (tertiary/aromatic N) is 1. The zero-order valence-corrected chi connectivity index (χ0v) is 10.7. The van der Waals surface area contributed by atoms with Gasteiger partial charge in [0.15, 0.2) is 0 Å². The fraction of sp³-hybridized carbons (Fsp3) is 1.00. The third kappa shape index (κ3) is 1.84. The van der Waals surface area contributed by atoms with E-state index in [1.807, 2.05) is 0 Å². The van der Waals surface area contributed by atoms with Crippen LogP contribution in [0.4, 0.5) is 0 Å². The minimum Gasteiger partial charge on any atom is -0.298 e. The summed E-state index contributed by atoms with van der Waals surface area (Å²) < 4.78 is 0. The van der Waals surface area contributed by atoms with Crippen LogP contribution in [0.1, 0.15) is 48.0 Å². The zero-order chi connectivity index (χ0) is 10.9. The molecule has 1 aliphatic heterocycles. The maximum Gasteiger partial charge on any atom is 0.00981 e. The van der Waals surface area contributed by atoms with Crippen LogP contribution < -0.4 is 0 Å². The molecule has 1 nitrogen and oxygen atoms in total. The van der Waals surface area contributed by atoms with Crippen molar-refractivity contribution in [2.24, 2.45) is 17.8 Å². The number of hydrogen-bond donors (Lipinski definition) is 0. The average molecular weight is 197 g/mol. The number of likely N-dealkylation sites (tertiary alicyclic amines) is 1. The molecular weight excluding hydrogens is 170 g/mol. The summed E-state index contributed by atoms with van der Waals surface area (Å²) in [5, 5.41) is 0. The SMILES string of the molecule is CCC1C(C)C(C)N(CC)C(C)C1C. The van der Waals surface area contributed by atoms with E-state index in [2.05, 4.69) is 46.4 Å². The Morgan fingerprint density at radius 2 is 1.29 bits per heavy atom. The molecule has 4 atom stereocenters. The Kier molecular flexibility index (Phi) is 4.00. The monoisotopic (exact) mass is 197 g/mol. The lowest BCUT2D eigenvalue weighted by molar-refractivity contribution is -0.0161. The van der Waals surface area contributed by atoms with Gasteiger partial charge in [0.1, 0.15) is 0 Å². The van der Waals surface area contributed by atoms with Gasteiger partial charge in [-0.2, -0.15) is 0 Å². The molecule has 0 spiro atoms. The first-order valence-electron chi connectivity index (χ1n) is 6.30. The van der Waals surface area contributed by atoms with Crippen molar-refractivity contribution < 1.29 is 0 Å². The molecule has 0 aromatic heterocycles. The molecule has 0 radical (unpaired) electrons. The Balaban J connectivity index is 2.81. The van der Waals surface area contributed by atoms with E-state index in [0.717, 1.165) is 29.8 Å². The van der Waals surface area contributed by atoms with Gasteiger partial charge in [0.05, 0.1) is 0 Å². The summed E-state index contributed by atoms with van der Waals surface area (Å²) >= 11 is 0. The summed E-state index contributed by atoms with van der Waals surface area (Å²) in [5.74, 6) is 2.63. The van der Waals surface area contributed by atoms with E-state index < -0.39 is 0 Å². The lowest BCUT2D eigenvalue weighted by Crippen LogP contribution is -2.55. The Morgan fingerprint density at radius 3 is 1.57 bits per heavy atom. The highest BCUT2D eigenvalue weighted by molar-refractivity contribution is 4.92. The van der Waals surface area contributed by atoms with E-state index in [-0.39, 0.29) is 0 Å². The van der Waals surface area contributed by atoms with Crippen molar-refractivity contribution in [1.82, 2.24) is 4.90 Å². The predicted molar refractivity (Wildman–Crippen MR) is 63.4 cm³/mol.